The number of ether oxygens (including phenoxy) is 1. The maximum atomic E-state index is 12.0. The van der Waals surface area contributed by atoms with Gasteiger partial charge < -0.3 is 4.74 Å². The maximum Gasteiger partial charge on any atom is 0.307 e. The lowest BCUT2D eigenvalue weighted by Gasteiger charge is -2.06. The first kappa shape index (κ1) is 18.8. The van der Waals surface area contributed by atoms with E-state index < -0.39 is 40.0 Å². The van der Waals surface area contributed by atoms with Crippen molar-refractivity contribution in [2.75, 3.05) is 12.4 Å². The third-order valence-electron chi connectivity index (χ3n) is 3.04. The van der Waals surface area contributed by atoms with E-state index in [1.165, 1.54) is 23.5 Å². The predicted octanol–water partition coefficient (Wildman–Crippen LogP) is 1.41. The lowest BCUT2D eigenvalue weighted by molar-refractivity contribution is -0.147. The predicted molar refractivity (Wildman–Crippen MR) is 90.9 cm³/mol. The van der Waals surface area contributed by atoms with E-state index in [1.807, 2.05) is 0 Å². The highest BCUT2D eigenvalue weighted by Crippen LogP contribution is 2.11. The summed E-state index contributed by atoms with van der Waals surface area (Å²) >= 11 is 1.17. The van der Waals surface area contributed by atoms with Gasteiger partial charge in [0.25, 0.3) is 11.8 Å². The molecule has 7 nitrogen and oxygen atoms in total. The van der Waals surface area contributed by atoms with E-state index >= 15 is 0 Å². The van der Waals surface area contributed by atoms with Crippen LogP contribution in [0.2, 0.25) is 0 Å². The Bertz CT molecular complexity index is 844. The van der Waals surface area contributed by atoms with Gasteiger partial charge in [0.15, 0.2) is 16.4 Å². The molecule has 0 saturated carbocycles. The SMILES string of the molecule is O=C(COC(=O)CCS(=O)(=O)c1ccccc1)NC(=O)c1cccs1. The van der Waals surface area contributed by atoms with E-state index in [4.69, 9.17) is 0 Å². The molecule has 132 valence electrons. The molecule has 0 aliphatic rings. The molecule has 9 heteroatoms. The van der Waals surface area contributed by atoms with Crippen molar-refractivity contribution in [2.45, 2.75) is 11.3 Å². The zero-order valence-electron chi connectivity index (χ0n) is 13.0. The number of rotatable bonds is 7. The molecule has 1 aromatic heterocycles. The van der Waals surface area contributed by atoms with Gasteiger partial charge in [0, 0.05) is 0 Å². The highest BCUT2D eigenvalue weighted by atomic mass is 32.2. The lowest BCUT2D eigenvalue weighted by atomic mass is 10.4. The fourth-order valence-corrected chi connectivity index (χ4v) is 3.68. The molecule has 0 bridgehead atoms. The van der Waals surface area contributed by atoms with Gasteiger partial charge in [-0.2, -0.15) is 0 Å². The van der Waals surface area contributed by atoms with Crippen molar-refractivity contribution < 1.29 is 27.5 Å². The van der Waals surface area contributed by atoms with Gasteiger partial charge in [0.1, 0.15) is 0 Å². The van der Waals surface area contributed by atoms with Crippen LogP contribution in [0.4, 0.5) is 0 Å². The average molecular weight is 381 g/mol. The number of hydrogen-bond acceptors (Lipinski definition) is 7. The number of carbonyl (C=O) groups is 3. The quantitative estimate of drug-likeness (QED) is 0.727. The van der Waals surface area contributed by atoms with Crippen molar-refractivity contribution in [1.82, 2.24) is 5.32 Å². The van der Waals surface area contributed by atoms with Crippen molar-refractivity contribution in [3.8, 4) is 0 Å². The molecule has 2 rings (SSSR count). The smallest absolute Gasteiger partial charge is 0.307 e. The van der Waals surface area contributed by atoms with E-state index in [-0.39, 0.29) is 11.3 Å². The molecule has 0 atom stereocenters. The number of amides is 2. The first-order valence-electron chi connectivity index (χ1n) is 7.19. The Morgan fingerprint density at radius 1 is 1.04 bits per heavy atom. The van der Waals surface area contributed by atoms with Crippen LogP contribution >= 0.6 is 11.3 Å². The van der Waals surface area contributed by atoms with Gasteiger partial charge in [-0.15, -0.1) is 11.3 Å². The van der Waals surface area contributed by atoms with Gasteiger partial charge in [-0.3, -0.25) is 19.7 Å². The number of hydrogen-bond donors (Lipinski definition) is 1. The first-order valence-corrected chi connectivity index (χ1v) is 9.73. The number of benzene rings is 1. The zero-order valence-corrected chi connectivity index (χ0v) is 14.6. The summed E-state index contributed by atoms with van der Waals surface area (Å²) in [7, 11) is -3.60. The van der Waals surface area contributed by atoms with Crippen LogP contribution in [0, 0.1) is 0 Å². The van der Waals surface area contributed by atoms with Crippen molar-refractivity contribution in [3.63, 3.8) is 0 Å². The number of esters is 1. The van der Waals surface area contributed by atoms with Crippen LogP contribution in [-0.2, 0) is 24.2 Å². The fraction of sp³-hybridized carbons (Fsp3) is 0.188. The molecule has 2 amide bonds. The Labute approximate surface area is 148 Å². The van der Waals surface area contributed by atoms with E-state index in [0.29, 0.717) is 4.88 Å². The van der Waals surface area contributed by atoms with Crippen molar-refractivity contribution in [3.05, 3.63) is 52.7 Å². The monoisotopic (exact) mass is 381 g/mol. The van der Waals surface area contributed by atoms with Gasteiger partial charge >= 0.3 is 5.97 Å². The molecule has 1 heterocycles. The standard InChI is InChI=1S/C16H15NO6S2/c18-14(17-16(20)13-7-4-9-24-13)11-23-15(19)8-10-25(21,22)12-5-2-1-3-6-12/h1-7,9H,8,10-11H2,(H,17,18,20). The summed E-state index contributed by atoms with van der Waals surface area (Å²) in [4.78, 5) is 35.2. The highest BCUT2D eigenvalue weighted by Gasteiger charge is 2.18. The summed E-state index contributed by atoms with van der Waals surface area (Å²) in [5, 5.41) is 3.76. The molecule has 0 aliphatic carbocycles. The third-order valence-corrected chi connectivity index (χ3v) is 5.64. The second-order valence-corrected chi connectivity index (χ2v) is 7.95. The zero-order chi connectivity index (χ0) is 18.3. The Morgan fingerprint density at radius 2 is 1.76 bits per heavy atom. The molecule has 0 saturated heterocycles. The first-order chi connectivity index (χ1) is 11.9. The number of thiophene rings is 1. The van der Waals surface area contributed by atoms with E-state index in [9.17, 15) is 22.8 Å². The van der Waals surface area contributed by atoms with Crippen molar-refractivity contribution in [2.24, 2.45) is 0 Å². The minimum absolute atomic E-state index is 0.113. The largest absolute Gasteiger partial charge is 0.456 e. The second-order valence-electron chi connectivity index (χ2n) is 4.90. The van der Waals surface area contributed by atoms with E-state index in [1.54, 1.807) is 35.7 Å². The van der Waals surface area contributed by atoms with Crippen LogP contribution < -0.4 is 5.32 Å². The van der Waals surface area contributed by atoms with Crippen molar-refractivity contribution >= 4 is 39.0 Å². The van der Waals surface area contributed by atoms with Gasteiger partial charge in [-0.1, -0.05) is 24.3 Å². The summed E-state index contributed by atoms with van der Waals surface area (Å²) in [6, 6.07) is 10.9. The number of carbonyl (C=O) groups excluding carboxylic acids is 3. The average Bonchev–Trinajstić information content (AvgIpc) is 3.14. The fourth-order valence-electron chi connectivity index (χ4n) is 1.81. The number of nitrogens with one attached hydrogen (secondary N) is 1. The summed E-state index contributed by atoms with van der Waals surface area (Å²) in [5.41, 5.74) is 0. The van der Waals surface area contributed by atoms with Crippen LogP contribution in [0.25, 0.3) is 0 Å². The van der Waals surface area contributed by atoms with E-state index in [0.717, 1.165) is 0 Å². The molecule has 0 fully saturated rings. The van der Waals surface area contributed by atoms with Crippen LogP contribution in [0.15, 0.2) is 52.7 Å². The molecule has 1 aromatic carbocycles. The summed E-state index contributed by atoms with van der Waals surface area (Å²) in [5.74, 6) is -2.62. The molecular formula is C16H15NO6S2. The van der Waals surface area contributed by atoms with Gasteiger partial charge in [0.05, 0.1) is 21.9 Å². The molecule has 2 aromatic rings. The second kappa shape index (κ2) is 8.54. The summed E-state index contributed by atoms with van der Waals surface area (Å²) < 4.78 is 28.7. The Hall–Kier alpha value is -2.52. The highest BCUT2D eigenvalue weighted by molar-refractivity contribution is 7.91. The third kappa shape index (κ3) is 5.80. The molecule has 1 N–H and O–H groups in total. The summed E-state index contributed by atoms with van der Waals surface area (Å²) in [6.07, 6.45) is -0.386. The van der Waals surface area contributed by atoms with Crippen LogP contribution in [-0.4, -0.2) is 38.6 Å². The van der Waals surface area contributed by atoms with E-state index in [2.05, 4.69) is 10.1 Å². The molecule has 0 spiro atoms. The van der Waals surface area contributed by atoms with Crippen molar-refractivity contribution in [1.29, 1.82) is 0 Å². The number of imide groups is 1. The number of sulfone groups is 1. The normalized spacial score (nSPS) is 10.9. The molecule has 0 radical (unpaired) electrons. The topological polar surface area (TPSA) is 107 Å². The molecule has 25 heavy (non-hydrogen) atoms. The Balaban J connectivity index is 1.75. The van der Waals surface area contributed by atoms with Gasteiger partial charge in [-0.05, 0) is 23.6 Å². The Kier molecular flexibility index (Phi) is 6.43. The minimum Gasteiger partial charge on any atom is -0.456 e. The lowest BCUT2D eigenvalue weighted by Crippen LogP contribution is -2.33. The van der Waals surface area contributed by atoms with Crippen LogP contribution in [0.1, 0.15) is 16.1 Å². The van der Waals surface area contributed by atoms with Gasteiger partial charge in [-0.25, -0.2) is 8.42 Å². The molecule has 0 aliphatic heterocycles. The molecular weight excluding hydrogens is 366 g/mol. The summed E-state index contributed by atoms with van der Waals surface area (Å²) in [6.45, 7) is -0.651. The van der Waals surface area contributed by atoms with Crippen LogP contribution in [0.5, 0.6) is 0 Å². The van der Waals surface area contributed by atoms with Crippen LogP contribution in [0.3, 0.4) is 0 Å². The minimum atomic E-state index is -3.60. The Morgan fingerprint density at radius 3 is 2.40 bits per heavy atom. The van der Waals surface area contributed by atoms with Gasteiger partial charge in [0.2, 0.25) is 0 Å². The molecule has 0 unspecified atom stereocenters. The maximum absolute atomic E-state index is 12.0.